The molecule has 0 radical (unpaired) electrons. The molecule has 1 amide bonds. The molecule has 10 nitrogen and oxygen atoms in total. The van der Waals surface area contributed by atoms with E-state index in [1.807, 2.05) is 6.92 Å². The molecule has 3 aromatic rings. The van der Waals surface area contributed by atoms with Crippen molar-refractivity contribution < 1.29 is 13.2 Å². The van der Waals surface area contributed by atoms with E-state index in [1.54, 1.807) is 41.0 Å². The van der Waals surface area contributed by atoms with Crippen molar-refractivity contribution in [1.82, 2.24) is 24.2 Å². The highest BCUT2D eigenvalue weighted by atomic mass is 32.2. The average molecular weight is 507 g/mol. The number of hydrogen-bond acceptors (Lipinski definition) is 7. The fraction of sp³-hybridized carbons (Fsp3) is 0.360. The third kappa shape index (κ3) is 3.45. The van der Waals surface area contributed by atoms with Crippen LogP contribution >= 0.6 is 0 Å². The predicted molar refractivity (Wildman–Crippen MR) is 132 cm³/mol. The molecular formula is C25H26N6O4S. The second kappa shape index (κ2) is 8.24. The third-order valence-corrected chi connectivity index (χ3v) is 9.20. The lowest BCUT2D eigenvalue weighted by molar-refractivity contribution is 0.0876. The molecule has 1 aromatic carbocycles. The Morgan fingerprint density at radius 3 is 2.53 bits per heavy atom. The monoisotopic (exact) mass is 506 g/mol. The molecule has 4 heterocycles. The minimum Gasteiger partial charge on any atom is -0.335 e. The molecule has 2 aliphatic heterocycles. The molecule has 1 fully saturated rings. The fourth-order valence-electron chi connectivity index (χ4n) is 5.63. The third-order valence-electron chi connectivity index (χ3n) is 7.39. The molecule has 2 aromatic heterocycles. The van der Waals surface area contributed by atoms with Gasteiger partial charge < -0.3 is 10.6 Å². The Kier molecular flexibility index (Phi) is 5.23. The van der Waals surface area contributed by atoms with Crippen LogP contribution in [0, 0.1) is 6.92 Å². The van der Waals surface area contributed by atoms with Crippen LogP contribution < -0.4 is 16.2 Å². The summed E-state index contributed by atoms with van der Waals surface area (Å²) in [6, 6.07) is 9.93. The summed E-state index contributed by atoms with van der Waals surface area (Å²) in [5.41, 5.74) is 1.61. The summed E-state index contributed by atoms with van der Waals surface area (Å²) in [6.07, 6.45) is 5.74. The number of amides is 1. The predicted octanol–water partition coefficient (Wildman–Crippen LogP) is 2.76. The minimum absolute atomic E-state index is 0.0883. The minimum atomic E-state index is -3.72. The Balaban J connectivity index is 1.37. The number of fused-ring (bicyclic) bond motifs is 3. The molecule has 0 atom stereocenters. The van der Waals surface area contributed by atoms with Crippen LogP contribution in [0.5, 0.6) is 0 Å². The number of carbonyl (C=O) groups is 1. The molecule has 36 heavy (non-hydrogen) atoms. The number of rotatable bonds is 4. The van der Waals surface area contributed by atoms with E-state index in [0.29, 0.717) is 46.9 Å². The zero-order valence-corrected chi connectivity index (χ0v) is 20.6. The first-order valence-corrected chi connectivity index (χ1v) is 13.5. The number of carbonyl (C=O) groups excluding carboxylic acids is 1. The molecule has 6 rings (SSSR count). The van der Waals surface area contributed by atoms with Gasteiger partial charge in [-0.2, -0.15) is 4.31 Å². The van der Waals surface area contributed by atoms with Crippen LogP contribution in [0.15, 0.2) is 52.4 Å². The number of nitrogens with zero attached hydrogens (tertiary/aromatic N) is 4. The highest BCUT2D eigenvalue weighted by molar-refractivity contribution is 7.89. The number of aromatic nitrogens is 3. The van der Waals surface area contributed by atoms with E-state index in [2.05, 4.69) is 20.6 Å². The van der Waals surface area contributed by atoms with E-state index < -0.39 is 15.7 Å². The second-order valence-corrected chi connectivity index (χ2v) is 11.6. The Labute approximate surface area is 208 Å². The number of benzene rings is 1. The van der Waals surface area contributed by atoms with Crippen molar-refractivity contribution in [3.05, 3.63) is 75.6 Å². The van der Waals surface area contributed by atoms with E-state index in [0.717, 1.165) is 19.3 Å². The van der Waals surface area contributed by atoms with Crippen molar-refractivity contribution in [2.75, 3.05) is 5.32 Å². The molecule has 3 aliphatic rings. The maximum Gasteiger partial charge on any atom is 0.276 e. The topological polar surface area (TPSA) is 126 Å². The van der Waals surface area contributed by atoms with E-state index in [-0.39, 0.29) is 29.5 Å². The maximum absolute atomic E-state index is 13.7. The van der Waals surface area contributed by atoms with Crippen molar-refractivity contribution in [3.8, 4) is 0 Å². The van der Waals surface area contributed by atoms with Gasteiger partial charge in [0, 0.05) is 12.1 Å². The standard InChI is InChI=1S/C25H26N6O4S/c1-16-12-19(24(33)31-21(16)23(32)29-25(31)10-6-3-7-11-25)28-22-18-13-30(14-20(18)26-15-27-22)36(34,35)17-8-4-2-5-9-17/h2,4-5,8-9,12,15H,3,6-7,10-11,13-14H2,1H3,(H,29,32)(H,26,27,28). The highest BCUT2D eigenvalue weighted by Crippen LogP contribution is 2.38. The first-order valence-electron chi connectivity index (χ1n) is 12.0. The van der Waals surface area contributed by atoms with Crippen LogP contribution in [-0.4, -0.2) is 33.2 Å². The zero-order chi connectivity index (χ0) is 25.1. The number of hydrogen-bond donors (Lipinski definition) is 2. The van der Waals surface area contributed by atoms with Crippen LogP contribution in [0.1, 0.15) is 59.4 Å². The fourth-order valence-corrected chi connectivity index (χ4v) is 7.02. The van der Waals surface area contributed by atoms with Crippen LogP contribution in [0.2, 0.25) is 0 Å². The Morgan fingerprint density at radius 2 is 1.78 bits per heavy atom. The summed E-state index contributed by atoms with van der Waals surface area (Å²) in [6.45, 7) is 2.02. The highest BCUT2D eigenvalue weighted by Gasteiger charge is 2.45. The molecule has 11 heteroatoms. The van der Waals surface area contributed by atoms with Crippen molar-refractivity contribution in [2.24, 2.45) is 0 Å². The van der Waals surface area contributed by atoms with Crippen molar-refractivity contribution in [3.63, 3.8) is 0 Å². The first kappa shape index (κ1) is 22.9. The van der Waals surface area contributed by atoms with Gasteiger partial charge in [0.2, 0.25) is 10.0 Å². The largest absolute Gasteiger partial charge is 0.335 e. The van der Waals surface area contributed by atoms with E-state index >= 15 is 0 Å². The van der Waals surface area contributed by atoms with Gasteiger partial charge in [-0.1, -0.05) is 24.6 Å². The summed E-state index contributed by atoms with van der Waals surface area (Å²) in [5, 5.41) is 6.23. The zero-order valence-electron chi connectivity index (χ0n) is 19.8. The van der Waals surface area contributed by atoms with E-state index in [4.69, 9.17) is 0 Å². The van der Waals surface area contributed by atoms with E-state index in [9.17, 15) is 18.0 Å². The molecule has 1 aliphatic carbocycles. The SMILES string of the molecule is Cc1cc(Nc2ncnc3c2CN(S(=O)(=O)c2ccccc2)C3)c(=O)n2c1C(=O)NC21CCCCC1. The molecular weight excluding hydrogens is 480 g/mol. The Morgan fingerprint density at radius 1 is 1.03 bits per heavy atom. The van der Waals surface area contributed by atoms with Gasteiger partial charge in [0.05, 0.1) is 17.1 Å². The quantitative estimate of drug-likeness (QED) is 0.557. The van der Waals surface area contributed by atoms with Gasteiger partial charge in [-0.05, 0) is 56.4 Å². The molecule has 0 unspecified atom stereocenters. The van der Waals surface area contributed by atoms with Gasteiger partial charge in [0.15, 0.2) is 0 Å². The molecule has 0 saturated heterocycles. The summed E-state index contributed by atoms with van der Waals surface area (Å²) in [4.78, 5) is 35.4. The molecule has 1 saturated carbocycles. The lowest BCUT2D eigenvalue weighted by atomic mass is 9.89. The van der Waals surface area contributed by atoms with Crippen LogP contribution in [0.4, 0.5) is 11.5 Å². The lowest BCUT2D eigenvalue weighted by Crippen LogP contribution is -2.48. The van der Waals surface area contributed by atoms with Crippen LogP contribution in [-0.2, 0) is 28.8 Å². The Bertz CT molecular complexity index is 1540. The molecule has 2 N–H and O–H groups in total. The van der Waals surface area contributed by atoms with Crippen LogP contribution in [0.3, 0.4) is 0 Å². The first-order chi connectivity index (χ1) is 17.3. The average Bonchev–Trinajstić information content (AvgIpc) is 3.44. The maximum atomic E-state index is 13.7. The number of sulfonamides is 1. The van der Waals surface area contributed by atoms with Gasteiger partial charge >= 0.3 is 0 Å². The second-order valence-electron chi connectivity index (χ2n) is 9.64. The van der Waals surface area contributed by atoms with Crippen molar-refractivity contribution in [1.29, 1.82) is 0 Å². The number of pyridine rings is 1. The summed E-state index contributed by atoms with van der Waals surface area (Å²) >= 11 is 0. The molecule has 186 valence electrons. The smallest absolute Gasteiger partial charge is 0.276 e. The molecule has 0 bridgehead atoms. The number of anilines is 2. The summed E-state index contributed by atoms with van der Waals surface area (Å²) in [7, 11) is -3.72. The Hall–Kier alpha value is -3.57. The van der Waals surface area contributed by atoms with Gasteiger partial charge in [-0.15, -0.1) is 0 Å². The van der Waals surface area contributed by atoms with E-state index in [1.165, 1.54) is 10.6 Å². The normalized spacial score (nSPS) is 18.6. The number of aryl methyl sites for hydroxylation is 1. The van der Waals surface area contributed by atoms with Crippen LogP contribution in [0.25, 0.3) is 0 Å². The number of nitrogens with one attached hydrogen (secondary N) is 2. The van der Waals surface area contributed by atoms with Crippen molar-refractivity contribution in [2.45, 2.75) is 62.7 Å². The van der Waals surface area contributed by atoms with Gasteiger partial charge in [-0.3, -0.25) is 14.2 Å². The molecule has 1 spiro atoms. The lowest BCUT2D eigenvalue weighted by Gasteiger charge is -2.35. The van der Waals surface area contributed by atoms with Gasteiger partial charge in [0.1, 0.15) is 29.2 Å². The summed E-state index contributed by atoms with van der Waals surface area (Å²) in [5.74, 6) is 0.167. The van der Waals surface area contributed by atoms with Gasteiger partial charge in [-0.25, -0.2) is 18.4 Å². The van der Waals surface area contributed by atoms with Crippen molar-refractivity contribution >= 4 is 27.4 Å². The van der Waals surface area contributed by atoms with Gasteiger partial charge in [0.25, 0.3) is 11.5 Å². The summed E-state index contributed by atoms with van der Waals surface area (Å²) < 4.78 is 29.3.